The summed E-state index contributed by atoms with van der Waals surface area (Å²) in [7, 11) is 1.69. The van der Waals surface area contributed by atoms with Crippen LogP contribution in [-0.2, 0) is 11.3 Å². The molecule has 0 atom stereocenters. The van der Waals surface area contributed by atoms with Crippen LogP contribution in [-0.4, -0.2) is 58.7 Å². The van der Waals surface area contributed by atoms with Crippen molar-refractivity contribution in [2.75, 3.05) is 32.6 Å². The van der Waals surface area contributed by atoms with Crippen molar-refractivity contribution in [2.45, 2.75) is 44.7 Å². The van der Waals surface area contributed by atoms with Gasteiger partial charge in [-0.15, -0.1) is 11.8 Å². The molecule has 2 aliphatic heterocycles. The molecule has 2 aromatic heterocycles. The van der Waals surface area contributed by atoms with Crippen LogP contribution < -0.4 is 9.47 Å². The Morgan fingerprint density at radius 3 is 2.86 bits per heavy atom. The Hall–Kier alpha value is -2.49. The van der Waals surface area contributed by atoms with Gasteiger partial charge in [0.05, 0.1) is 42.1 Å². The number of aromatic nitrogens is 2. The molecule has 0 aliphatic carbocycles. The van der Waals surface area contributed by atoms with E-state index in [0.29, 0.717) is 31.4 Å². The number of carbonyl (C=O) groups excluding carboxylic acids is 1. The van der Waals surface area contributed by atoms with Crippen LogP contribution >= 0.6 is 23.1 Å². The summed E-state index contributed by atoms with van der Waals surface area (Å²) in [6.45, 7) is 10.3. The highest BCUT2D eigenvalue weighted by molar-refractivity contribution is 7.99. The zero-order valence-electron chi connectivity index (χ0n) is 20.8. The molecule has 9 heteroatoms. The molecule has 0 unspecified atom stereocenters. The summed E-state index contributed by atoms with van der Waals surface area (Å²) in [6.07, 6.45) is 0. The van der Waals surface area contributed by atoms with Crippen molar-refractivity contribution < 1.29 is 19.0 Å². The van der Waals surface area contributed by atoms with E-state index in [4.69, 9.17) is 19.3 Å². The van der Waals surface area contributed by atoms with E-state index in [1.165, 1.54) is 0 Å². The number of benzene rings is 1. The fourth-order valence-electron chi connectivity index (χ4n) is 4.49. The van der Waals surface area contributed by atoms with Gasteiger partial charge in [-0.25, -0.2) is 4.68 Å². The number of hydrogen-bond acceptors (Lipinski definition) is 7. The van der Waals surface area contributed by atoms with Gasteiger partial charge in [-0.05, 0) is 37.3 Å². The number of nitrogens with zero attached hydrogens (tertiary/aromatic N) is 3. The van der Waals surface area contributed by atoms with Crippen LogP contribution in [0.5, 0.6) is 11.5 Å². The summed E-state index contributed by atoms with van der Waals surface area (Å²) in [5.74, 6) is 2.97. The first kappa shape index (κ1) is 24.2. The second-order valence-corrected chi connectivity index (χ2v) is 11.7. The maximum Gasteiger partial charge on any atom is 0.275 e. The van der Waals surface area contributed by atoms with Crippen molar-refractivity contribution in [3.63, 3.8) is 0 Å². The summed E-state index contributed by atoms with van der Waals surface area (Å²) in [5, 5.41) is 8.96. The van der Waals surface area contributed by atoms with Crippen LogP contribution in [0.3, 0.4) is 0 Å². The van der Waals surface area contributed by atoms with Gasteiger partial charge < -0.3 is 19.1 Å². The second kappa shape index (κ2) is 9.52. The molecule has 0 spiro atoms. The Morgan fingerprint density at radius 1 is 1.34 bits per heavy atom. The third-order valence-electron chi connectivity index (χ3n) is 6.29. The third-order valence-corrected chi connectivity index (χ3v) is 8.43. The first-order chi connectivity index (χ1) is 16.8. The highest BCUT2D eigenvalue weighted by Crippen LogP contribution is 2.46. The van der Waals surface area contributed by atoms with Crippen LogP contribution in [0.1, 0.15) is 43.7 Å². The zero-order valence-corrected chi connectivity index (χ0v) is 22.4. The Kier molecular flexibility index (Phi) is 6.59. The van der Waals surface area contributed by atoms with Crippen LogP contribution in [0.2, 0.25) is 0 Å². The van der Waals surface area contributed by atoms with E-state index in [1.807, 2.05) is 46.3 Å². The Morgan fingerprint density at radius 2 is 2.17 bits per heavy atom. The molecule has 5 rings (SSSR count). The molecule has 0 N–H and O–H groups in total. The predicted molar refractivity (Wildman–Crippen MR) is 139 cm³/mol. The fraction of sp³-hybridized carbons (Fsp3) is 0.462. The first-order valence-corrected chi connectivity index (χ1v) is 13.7. The molecule has 35 heavy (non-hydrogen) atoms. The fourth-order valence-corrected chi connectivity index (χ4v) is 6.10. The third kappa shape index (κ3) is 4.45. The summed E-state index contributed by atoms with van der Waals surface area (Å²) < 4.78 is 19.4. The molecule has 0 bridgehead atoms. The van der Waals surface area contributed by atoms with Gasteiger partial charge in [0.1, 0.15) is 18.1 Å². The van der Waals surface area contributed by atoms with Gasteiger partial charge >= 0.3 is 0 Å². The van der Waals surface area contributed by atoms with Crippen LogP contribution in [0.4, 0.5) is 0 Å². The van der Waals surface area contributed by atoms with Crippen molar-refractivity contribution in [1.29, 1.82) is 0 Å². The van der Waals surface area contributed by atoms with Gasteiger partial charge in [-0.1, -0.05) is 13.8 Å². The molecule has 1 aromatic carbocycles. The van der Waals surface area contributed by atoms with E-state index >= 15 is 0 Å². The van der Waals surface area contributed by atoms with E-state index in [1.54, 1.807) is 30.2 Å². The summed E-state index contributed by atoms with van der Waals surface area (Å²) in [5.41, 5.74) is 3.63. The summed E-state index contributed by atoms with van der Waals surface area (Å²) in [4.78, 5) is 16.8. The smallest absolute Gasteiger partial charge is 0.275 e. The lowest BCUT2D eigenvalue weighted by Crippen LogP contribution is -2.55. The van der Waals surface area contributed by atoms with Crippen molar-refractivity contribution in [3.8, 4) is 28.4 Å². The van der Waals surface area contributed by atoms with Gasteiger partial charge in [0.2, 0.25) is 0 Å². The Labute approximate surface area is 214 Å². The normalized spacial score (nSPS) is 16.6. The standard InChI is InChI=1S/C26H31N3O4S2/c1-16(2)13-35-22-10-18-20(11-21(22)31-5)33-12-19-23(25(30)28-7-8-32-15-26(28,3)4)27-29(24(18)19)17-6-9-34-14-17/h6,9-11,14,16H,7-8,12-13,15H2,1-5H3. The average Bonchev–Trinajstić information content (AvgIpc) is 3.49. The van der Waals surface area contributed by atoms with E-state index in [9.17, 15) is 4.79 Å². The second-order valence-electron chi connectivity index (χ2n) is 9.88. The van der Waals surface area contributed by atoms with Gasteiger partial charge in [0, 0.05) is 34.9 Å². The minimum Gasteiger partial charge on any atom is -0.495 e. The lowest BCUT2D eigenvalue weighted by molar-refractivity contribution is -0.0374. The molecule has 186 valence electrons. The average molecular weight is 514 g/mol. The molecule has 0 radical (unpaired) electrons. The lowest BCUT2D eigenvalue weighted by atomic mass is 9.99. The Bertz CT molecular complexity index is 1230. The molecular formula is C26H31N3O4S2. The molecule has 1 amide bonds. The number of fused-ring (bicyclic) bond motifs is 3. The first-order valence-electron chi connectivity index (χ1n) is 11.8. The van der Waals surface area contributed by atoms with Gasteiger partial charge in [0.25, 0.3) is 5.91 Å². The molecule has 3 aromatic rings. The topological polar surface area (TPSA) is 65.8 Å². The molecule has 2 aliphatic rings. The molecule has 0 saturated carbocycles. The molecule has 1 fully saturated rings. The molecule has 7 nitrogen and oxygen atoms in total. The monoisotopic (exact) mass is 513 g/mol. The minimum atomic E-state index is -0.407. The van der Waals surface area contributed by atoms with Crippen molar-refractivity contribution in [1.82, 2.24) is 14.7 Å². The predicted octanol–water partition coefficient (Wildman–Crippen LogP) is 5.50. The van der Waals surface area contributed by atoms with Gasteiger partial charge in [-0.2, -0.15) is 16.4 Å². The van der Waals surface area contributed by atoms with E-state index in [-0.39, 0.29) is 12.5 Å². The van der Waals surface area contributed by atoms with Crippen LogP contribution in [0.15, 0.2) is 33.9 Å². The molecule has 1 saturated heterocycles. The number of thiophene rings is 1. The van der Waals surface area contributed by atoms with Crippen molar-refractivity contribution in [2.24, 2.45) is 5.92 Å². The maximum atomic E-state index is 13.8. The number of hydrogen-bond donors (Lipinski definition) is 0. The van der Waals surface area contributed by atoms with Crippen LogP contribution in [0.25, 0.3) is 16.9 Å². The van der Waals surface area contributed by atoms with Crippen molar-refractivity contribution in [3.05, 3.63) is 40.2 Å². The number of morpholine rings is 1. The highest BCUT2D eigenvalue weighted by atomic mass is 32.2. The number of methoxy groups -OCH3 is 1. The van der Waals surface area contributed by atoms with E-state index in [0.717, 1.165) is 44.7 Å². The molecular weight excluding hydrogens is 482 g/mol. The highest BCUT2D eigenvalue weighted by Gasteiger charge is 2.39. The van der Waals surface area contributed by atoms with Gasteiger partial charge in [0.15, 0.2) is 5.69 Å². The van der Waals surface area contributed by atoms with Gasteiger partial charge in [-0.3, -0.25) is 4.79 Å². The number of ether oxygens (including phenoxy) is 3. The summed E-state index contributed by atoms with van der Waals surface area (Å²) >= 11 is 3.37. The Balaban J connectivity index is 1.66. The minimum absolute atomic E-state index is 0.0847. The number of thioether (sulfide) groups is 1. The van der Waals surface area contributed by atoms with Crippen LogP contribution in [0, 0.1) is 5.92 Å². The largest absolute Gasteiger partial charge is 0.495 e. The number of rotatable bonds is 6. The van der Waals surface area contributed by atoms with E-state index in [2.05, 4.69) is 19.9 Å². The van der Waals surface area contributed by atoms with Crippen molar-refractivity contribution >= 4 is 29.0 Å². The maximum absolute atomic E-state index is 13.8. The lowest BCUT2D eigenvalue weighted by Gasteiger charge is -2.41. The molecule has 4 heterocycles. The quantitative estimate of drug-likeness (QED) is 0.406. The van der Waals surface area contributed by atoms with E-state index < -0.39 is 5.54 Å². The number of amides is 1. The SMILES string of the molecule is COc1cc2c(cc1SCC(C)C)-c1c(c(C(=O)N3CCOCC3(C)C)nn1-c1ccsc1)CO2. The summed E-state index contributed by atoms with van der Waals surface area (Å²) in [6, 6.07) is 6.10. The number of carbonyl (C=O) groups is 1. The zero-order chi connectivity index (χ0) is 24.7.